The van der Waals surface area contributed by atoms with Crippen LogP contribution in [-0.2, 0) is 4.79 Å². The standard InChI is InChI=1S/C12H10N2O2S/c1-14(2)12(16)11-6-8-5-9(13-7-15)3-4-10(8)17-11/h3-6H,1-2H3. The number of fused-ring (bicyclic) bond motifs is 1. The van der Waals surface area contributed by atoms with Crippen molar-refractivity contribution in [2.24, 2.45) is 4.99 Å². The van der Waals surface area contributed by atoms with Crippen LogP contribution in [0.2, 0.25) is 0 Å². The number of benzene rings is 1. The van der Waals surface area contributed by atoms with Crippen LogP contribution < -0.4 is 0 Å². The van der Waals surface area contributed by atoms with Gasteiger partial charge in [0, 0.05) is 18.8 Å². The van der Waals surface area contributed by atoms with Gasteiger partial charge >= 0.3 is 0 Å². The lowest BCUT2D eigenvalue weighted by Gasteiger charge is -2.06. The smallest absolute Gasteiger partial charge is 0.263 e. The van der Waals surface area contributed by atoms with Crippen LogP contribution in [0.5, 0.6) is 0 Å². The second-order valence-corrected chi connectivity index (χ2v) is 4.82. The number of rotatable bonds is 2. The maximum Gasteiger partial charge on any atom is 0.263 e. The van der Waals surface area contributed by atoms with Gasteiger partial charge in [-0.15, -0.1) is 11.3 Å². The molecule has 0 unspecified atom stereocenters. The fourth-order valence-electron chi connectivity index (χ4n) is 1.48. The van der Waals surface area contributed by atoms with Crippen molar-refractivity contribution >= 4 is 39.1 Å². The fourth-order valence-corrected chi connectivity index (χ4v) is 2.54. The van der Waals surface area contributed by atoms with Gasteiger partial charge in [-0.05, 0) is 29.7 Å². The van der Waals surface area contributed by atoms with Gasteiger partial charge in [0.05, 0.1) is 10.6 Å². The highest BCUT2D eigenvalue weighted by atomic mass is 32.1. The van der Waals surface area contributed by atoms with Crippen molar-refractivity contribution in [1.29, 1.82) is 0 Å². The van der Waals surface area contributed by atoms with Gasteiger partial charge in [-0.1, -0.05) is 0 Å². The van der Waals surface area contributed by atoms with Gasteiger partial charge in [-0.2, -0.15) is 4.99 Å². The zero-order valence-electron chi connectivity index (χ0n) is 9.43. The fraction of sp³-hybridized carbons (Fsp3) is 0.167. The van der Waals surface area contributed by atoms with Crippen molar-refractivity contribution in [3.63, 3.8) is 0 Å². The second-order valence-electron chi connectivity index (χ2n) is 3.74. The van der Waals surface area contributed by atoms with E-state index in [1.54, 1.807) is 26.2 Å². The van der Waals surface area contributed by atoms with E-state index in [1.807, 2.05) is 12.1 Å². The molecule has 0 saturated carbocycles. The molecule has 0 saturated heterocycles. The first-order valence-electron chi connectivity index (χ1n) is 4.95. The Bertz CT molecular complexity index is 624. The van der Waals surface area contributed by atoms with Crippen LogP contribution in [0.1, 0.15) is 9.67 Å². The summed E-state index contributed by atoms with van der Waals surface area (Å²) in [5.74, 6) is -0.0216. The Labute approximate surface area is 102 Å². The minimum Gasteiger partial charge on any atom is -0.344 e. The van der Waals surface area contributed by atoms with Crippen molar-refractivity contribution in [3.05, 3.63) is 29.1 Å². The summed E-state index contributed by atoms with van der Waals surface area (Å²) in [5, 5.41) is 0.914. The Hall–Kier alpha value is -1.97. The van der Waals surface area contributed by atoms with Crippen molar-refractivity contribution in [2.75, 3.05) is 14.1 Å². The van der Waals surface area contributed by atoms with E-state index in [9.17, 15) is 9.59 Å². The molecule has 5 heteroatoms. The molecule has 2 aromatic rings. The molecule has 1 heterocycles. The number of amides is 1. The molecule has 17 heavy (non-hydrogen) atoms. The Kier molecular flexibility index (Phi) is 3.04. The first kappa shape index (κ1) is 11.5. The molecular weight excluding hydrogens is 236 g/mol. The molecule has 0 spiro atoms. The first-order chi connectivity index (χ1) is 8.11. The van der Waals surface area contributed by atoms with E-state index in [4.69, 9.17) is 0 Å². The summed E-state index contributed by atoms with van der Waals surface area (Å²) in [7, 11) is 3.43. The molecule has 0 radical (unpaired) electrons. The molecule has 0 aliphatic rings. The molecule has 0 N–H and O–H groups in total. The SMILES string of the molecule is CN(C)C(=O)c1cc2cc(N=C=O)ccc2s1. The van der Waals surface area contributed by atoms with E-state index >= 15 is 0 Å². The lowest BCUT2D eigenvalue weighted by Crippen LogP contribution is -2.20. The average molecular weight is 246 g/mol. The maximum absolute atomic E-state index is 11.8. The van der Waals surface area contributed by atoms with Crippen LogP contribution in [0.15, 0.2) is 29.3 Å². The third-order valence-electron chi connectivity index (χ3n) is 2.29. The number of isocyanates is 1. The predicted octanol–water partition coefficient (Wildman–Crippen LogP) is 2.57. The predicted molar refractivity (Wildman–Crippen MR) is 67.6 cm³/mol. The largest absolute Gasteiger partial charge is 0.344 e. The molecular formula is C12H10N2O2S. The van der Waals surface area contributed by atoms with E-state index in [0.717, 1.165) is 10.1 Å². The molecule has 0 aliphatic heterocycles. The van der Waals surface area contributed by atoms with Crippen LogP contribution in [0.3, 0.4) is 0 Å². The highest BCUT2D eigenvalue weighted by Gasteiger charge is 2.11. The number of hydrogen-bond donors (Lipinski definition) is 0. The van der Waals surface area contributed by atoms with Crippen LogP contribution in [0.4, 0.5) is 5.69 Å². The number of aliphatic imine (C=N–C) groups is 1. The minimum atomic E-state index is -0.0216. The molecule has 4 nitrogen and oxygen atoms in total. The highest BCUT2D eigenvalue weighted by Crippen LogP contribution is 2.29. The third-order valence-corrected chi connectivity index (χ3v) is 3.40. The number of thiophene rings is 1. The van der Waals surface area contributed by atoms with Crippen LogP contribution in [-0.4, -0.2) is 31.0 Å². The molecule has 0 bridgehead atoms. The molecule has 0 aliphatic carbocycles. The Morgan fingerprint density at radius 2 is 2.12 bits per heavy atom. The van der Waals surface area contributed by atoms with Gasteiger partial charge in [0.1, 0.15) is 0 Å². The Morgan fingerprint density at radius 1 is 1.35 bits per heavy atom. The first-order valence-corrected chi connectivity index (χ1v) is 5.76. The highest BCUT2D eigenvalue weighted by molar-refractivity contribution is 7.20. The van der Waals surface area contributed by atoms with Crippen LogP contribution in [0.25, 0.3) is 10.1 Å². The van der Waals surface area contributed by atoms with Gasteiger partial charge in [0.25, 0.3) is 5.91 Å². The van der Waals surface area contributed by atoms with Gasteiger partial charge < -0.3 is 4.90 Å². The van der Waals surface area contributed by atoms with Gasteiger partial charge in [-0.25, -0.2) is 4.79 Å². The van der Waals surface area contributed by atoms with E-state index in [-0.39, 0.29) is 5.91 Å². The number of hydrogen-bond acceptors (Lipinski definition) is 4. The summed E-state index contributed by atoms with van der Waals surface area (Å²) in [4.78, 5) is 27.7. The Morgan fingerprint density at radius 3 is 2.76 bits per heavy atom. The van der Waals surface area contributed by atoms with Crippen LogP contribution >= 0.6 is 11.3 Å². The number of nitrogens with zero attached hydrogens (tertiary/aromatic N) is 2. The zero-order chi connectivity index (χ0) is 12.4. The van der Waals surface area contributed by atoms with E-state index in [1.165, 1.54) is 22.3 Å². The average Bonchev–Trinajstić information content (AvgIpc) is 2.71. The summed E-state index contributed by atoms with van der Waals surface area (Å²) in [6.07, 6.45) is 1.50. The molecule has 86 valence electrons. The van der Waals surface area contributed by atoms with Crippen molar-refractivity contribution in [3.8, 4) is 0 Å². The van der Waals surface area contributed by atoms with Crippen molar-refractivity contribution in [1.82, 2.24) is 4.90 Å². The summed E-state index contributed by atoms with van der Waals surface area (Å²) < 4.78 is 1.00. The monoisotopic (exact) mass is 246 g/mol. The zero-order valence-corrected chi connectivity index (χ0v) is 10.2. The van der Waals surface area contributed by atoms with E-state index in [2.05, 4.69) is 4.99 Å². The van der Waals surface area contributed by atoms with Gasteiger partial charge in [-0.3, -0.25) is 4.79 Å². The molecule has 0 fully saturated rings. The minimum absolute atomic E-state index is 0.0216. The second kappa shape index (κ2) is 4.49. The van der Waals surface area contributed by atoms with Crippen LogP contribution in [0, 0.1) is 0 Å². The molecule has 1 aromatic heterocycles. The third kappa shape index (κ3) is 2.25. The number of carbonyl (C=O) groups is 1. The van der Waals surface area contributed by atoms with Crippen molar-refractivity contribution < 1.29 is 9.59 Å². The number of carbonyl (C=O) groups excluding carboxylic acids is 2. The van der Waals surface area contributed by atoms with E-state index in [0.29, 0.717) is 10.6 Å². The lowest BCUT2D eigenvalue weighted by molar-refractivity contribution is 0.0832. The summed E-state index contributed by atoms with van der Waals surface area (Å²) in [6, 6.07) is 7.16. The molecule has 1 amide bonds. The topological polar surface area (TPSA) is 49.7 Å². The molecule has 1 aromatic carbocycles. The summed E-state index contributed by atoms with van der Waals surface area (Å²) in [6.45, 7) is 0. The van der Waals surface area contributed by atoms with Gasteiger partial charge in [0.15, 0.2) is 0 Å². The molecule has 2 rings (SSSR count). The van der Waals surface area contributed by atoms with Crippen molar-refractivity contribution in [2.45, 2.75) is 0 Å². The van der Waals surface area contributed by atoms with Gasteiger partial charge in [0.2, 0.25) is 6.08 Å². The lowest BCUT2D eigenvalue weighted by atomic mass is 10.2. The van der Waals surface area contributed by atoms with E-state index < -0.39 is 0 Å². The normalized spacial score (nSPS) is 10.0. The Balaban J connectivity index is 2.50. The summed E-state index contributed by atoms with van der Waals surface area (Å²) in [5.41, 5.74) is 0.550. The molecule has 0 atom stereocenters. The maximum atomic E-state index is 11.8. The summed E-state index contributed by atoms with van der Waals surface area (Å²) >= 11 is 1.43. The quantitative estimate of drug-likeness (QED) is 0.604.